The van der Waals surface area contributed by atoms with E-state index in [1.54, 1.807) is 0 Å². The molecule has 2 aromatic rings. The predicted octanol–water partition coefficient (Wildman–Crippen LogP) is 7.28. The van der Waals surface area contributed by atoms with Gasteiger partial charge >= 0.3 is 0 Å². The molecule has 1 aliphatic heterocycles. The third-order valence-electron chi connectivity index (χ3n) is 8.15. The van der Waals surface area contributed by atoms with Crippen LogP contribution in [-0.2, 0) is 16.0 Å². The van der Waals surface area contributed by atoms with Gasteiger partial charge in [-0.3, -0.25) is 10.2 Å². The Kier molecular flexibility index (Phi) is 9.02. The molecule has 2 aromatic carbocycles. The Hall–Kier alpha value is -3.14. The van der Waals surface area contributed by atoms with Gasteiger partial charge in [-0.1, -0.05) is 62.2 Å². The van der Waals surface area contributed by atoms with Gasteiger partial charge in [0.2, 0.25) is 0 Å². The number of nitrogens with zero attached hydrogens (tertiary/aromatic N) is 1. The molecule has 0 bridgehead atoms. The number of aryl methyl sites for hydroxylation is 3. The van der Waals surface area contributed by atoms with E-state index in [2.05, 4.69) is 43.5 Å². The van der Waals surface area contributed by atoms with Crippen molar-refractivity contribution in [2.45, 2.75) is 65.7 Å². The zero-order valence-corrected chi connectivity index (χ0v) is 22.8. The fourth-order valence-corrected chi connectivity index (χ4v) is 5.82. The number of Topliss-reactive ketones (excluding diaryl/α,β-unsaturated/α-hetero) is 1. The fraction of sp³-hybridized carbons (Fsp3) is 0.455. The number of nitrogens with one attached hydrogen (secondary N) is 1. The zero-order valence-electron chi connectivity index (χ0n) is 22.8. The highest BCUT2D eigenvalue weighted by Crippen LogP contribution is 2.35. The van der Waals surface area contributed by atoms with Gasteiger partial charge in [0.25, 0.3) is 0 Å². The van der Waals surface area contributed by atoms with Crippen LogP contribution in [-0.4, -0.2) is 36.1 Å². The Labute approximate surface area is 222 Å². The van der Waals surface area contributed by atoms with Crippen LogP contribution >= 0.6 is 0 Å². The van der Waals surface area contributed by atoms with Crippen LogP contribution in [0.5, 0.6) is 0 Å². The number of hydrogen-bond donors (Lipinski definition) is 1. The van der Waals surface area contributed by atoms with E-state index in [-0.39, 0.29) is 11.5 Å². The molecule has 1 N–H and O–H groups in total. The molecule has 196 valence electrons. The summed E-state index contributed by atoms with van der Waals surface area (Å²) in [5.74, 6) is 1.96. The number of allylic oxidation sites excluding steroid dienone is 1. The molecule has 0 amide bonds. The van der Waals surface area contributed by atoms with Crippen LogP contribution in [0.3, 0.4) is 0 Å². The summed E-state index contributed by atoms with van der Waals surface area (Å²) in [7, 11) is 0. The maximum absolute atomic E-state index is 12.8. The summed E-state index contributed by atoms with van der Waals surface area (Å²) in [5.41, 5.74) is 7.04. The van der Waals surface area contributed by atoms with E-state index in [1.165, 1.54) is 22.4 Å². The summed E-state index contributed by atoms with van der Waals surface area (Å²) in [6.07, 6.45) is 9.02. The Balaban J connectivity index is 1.33. The minimum atomic E-state index is -0.0150. The van der Waals surface area contributed by atoms with E-state index in [4.69, 9.17) is 10.1 Å². The molecule has 0 unspecified atom stereocenters. The molecule has 37 heavy (non-hydrogen) atoms. The summed E-state index contributed by atoms with van der Waals surface area (Å²) in [6, 6.07) is 14.5. The van der Waals surface area contributed by atoms with Gasteiger partial charge in [-0.25, -0.2) is 0 Å². The van der Waals surface area contributed by atoms with Crippen molar-refractivity contribution in [2.24, 2.45) is 11.8 Å². The highest BCUT2D eigenvalue weighted by molar-refractivity contribution is 6.44. The average Bonchev–Trinajstić information content (AvgIpc) is 2.92. The molecule has 1 heterocycles. The van der Waals surface area contributed by atoms with Crippen molar-refractivity contribution in [1.82, 2.24) is 4.90 Å². The molecule has 1 aliphatic carbocycles. The van der Waals surface area contributed by atoms with Crippen LogP contribution in [0.1, 0.15) is 73.3 Å². The molecule has 4 rings (SSSR count). The topological polar surface area (TPSA) is 53.4 Å². The normalized spacial score (nSPS) is 19.9. The van der Waals surface area contributed by atoms with E-state index in [0.717, 1.165) is 68.5 Å². The minimum absolute atomic E-state index is 0.0150. The van der Waals surface area contributed by atoms with Crippen molar-refractivity contribution in [3.05, 3.63) is 88.7 Å². The molecule has 2 aliphatic rings. The van der Waals surface area contributed by atoms with Gasteiger partial charge in [0.05, 0.1) is 12.2 Å². The molecular weight excluding hydrogens is 456 g/mol. The van der Waals surface area contributed by atoms with Gasteiger partial charge in [-0.15, -0.1) is 0 Å². The molecule has 0 saturated heterocycles. The zero-order chi connectivity index (χ0) is 26.4. The first-order valence-corrected chi connectivity index (χ1v) is 13.9. The van der Waals surface area contributed by atoms with E-state index in [9.17, 15) is 4.79 Å². The molecular formula is C33H42N2O2. The maximum Gasteiger partial charge on any atom is 0.181 e. The number of carbonyl (C=O) groups is 1. The van der Waals surface area contributed by atoms with Crippen LogP contribution in [0.25, 0.3) is 5.70 Å². The van der Waals surface area contributed by atoms with Crippen molar-refractivity contribution in [1.29, 1.82) is 5.41 Å². The first-order chi connectivity index (χ1) is 17.9. The van der Waals surface area contributed by atoms with Crippen LogP contribution in [0.15, 0.2) is 60.9 Å². The number of ketones is 1. The summed E-state index contributed by atoms with van der Waals surface area (Å²) < 4.78 is 6.02. The van der Waals surface area contributed by atoms with Crippen LogP contribution in [0.2, 0.25) is 0 Å². The second kappa shape index (κ2) is 12.4. The van der Waals surface area contributed by atoms with E-state index in [1.807, 2.05) is 37.3 Å². The highest BCUT2D eigenvalue weighted by Gasteiger charge is 2.27. The van der Waals surface area contributed by atoms with Gasteiger partial charge in [-0.05, 0) is 80.7 Å². The molecule has 4 nitrogen and oxygen atoms in total. The molecule has 0 spiro atoms. The smallest absolute Gasteiger partial charge is 0.181 e. The molecule has 1 fully saturated rings. The summed E-state index contributed by atoms with van der Waals surface area (Å²) in [5, 5.41) is 8.36. The molecule has 1 saturated carbocycles. The summed E-state index contributed by atoms with van der Waals surface area (Å²) >= 11 is 0. The van der Waals surface area contributed by atoms with E-state index < -0.39 is 0 Å². The predicted molar refractivity (Wildman–Crippen MR) is 153 cm³/mol. The van der Waals surface area contributed by atoms with E-state index >= 15 is 0 Å². The third-order valence-corrected chi connectivity index (χ3v) is 8.15. The monoisotopic (exact) mass is 498 g/mol. The van der Waals surface area contributed by atoms with Gasteiger partial charge in [-0.2, -0.15) is 0 Å². The second-order valence-corrected chi connectivity index (χ2v) is 10.8. The quantitative estimate of drug-likeness (QED) is 0.350. The Bertz CT molecular complexity index is 1170. The Morgan fingerprint density at radius 3 is 2.57 bits per heavy atom. The van der Waals surface area contributed by atoms with Gasteiger partial charge in [0.15, 0.2) is 5.78 Å². The lowest BCUT2D eigenvalue weighted by molar-refractivity contribution is -0.114. The van der Waals surface area contributed by atoms with Crippen molar-refractivity contribution < 1.29 is 9.53 Å². The average molecular weight is 499 g/mol. The van der Waals surface area contributed by atoms with Crippen molar-refractivity contribution in [3.63, 3.8) is 0 Å². The van der Waals surface area contributed by atoms with Gasteiger partial charge in [0, 0.05) is 24.1 Å². The Morgan fingerprint density at radius 1 is 1.11 bits per heavy atom. The number of hydrogen-bond acceptors (Lipinski definition) is 4. The number of ether oxygens (including phenoxy) is 1. The van der Waals surface area contributed by atoms with Crippen molar-refractivity contribution >= 4 is 17.2 Å². The number of benzene rings is 2. The van der Waals surface area contributed by atoms with E-state index in [0.29, 0.717) is 24.9 Å². The maximum atomic E-state index is 12.8. The Morgan fingerprint density at radius 2 is 1.86 bits per heavy atom. The second-order valence-electron chi connectivity index (χ2n) is 10.8. The fourth-order valence-electron chi connectivity index (χ4n) is 5.82. The van der Waals surface area contributed by atoms with Crippen molar-refractivity contribution in [2.75, 3.05) is 19.7 Å². The summed E-state index contributed by atoms with van der Waals surface area (Å²) in [6.45, 7) is 13.0. The van der Waals surface area contributed by atoms with Gasteiger partial charge < -0.3 is 9.64 Å². The number of rotatable bonds is 10. The SMILES string of the molecule is C=CC1=C(c2cc(CC)ccc2C)N(CCC2CCC(CC(=O)C(=N)c3cccc(C)c3)CC2)CCO1. The molecule has 0 radical (unpaired) electrons. The number of carbonyl (C=O) groups excluding carboxylic acids is 1. The van der Waals surface area contributed by atoms with Crippen LogP contribution in [0.4, 0.5) is 0 Å². The summed E-state index contributed by atoms with van der Waals surface area (Å²) in [4.78, 5) is 15.3. The largest absolute Gasteiger partial charge is 0.490 e. The highest BCUT2D eigenvalue weighted by atomic mass is 16.5. The van der Waals surface area contributed by atoms with Gasteiger partial charge in [0.1, 0.15) is 18.1 Å². The van der Waals surface area contributed by atoms with Crippen LogP contribution in [0, 0.1) is 31.1 Å². The first-order valence-electron chi connectivity index (χ1n) is 13.9. The molecule has 0 aromatic heterocycles. The molecule has 4 heteroatoms. The third kappa shape index (κ3) is 6.60. The lowest BCUT2D eigenvalue weighted by Crippen LogP contribution is -2.34. The minimum Gasteiger partial charge on any atom is -0.490 e. The van der Waals surface area contributed by atoms with Crippen LogP contribution < -0.4 is 0 Å². The lowest BCUT2D eigenvalue weighted by atomic mass is 9.78. The standard InChI is InChI=1S/C33H42N2O2/c1-5-25-11-10-24(4)29(21-25)33-31(6-2)37-19-18-35(33)17-16-26-12-14-27(15-13-26)22-30(36)32(34)28-9-7-8-23(3)20-28/h6-11,20-21,26-27,34H,2,5,12-19,22H2,1,3-4H3. The van der Waals surface area contributed by atoms with Crippen molar-refractivity contribution in [3.8, 4) is 0 Å². The molecule has 0 atom stereocenters. The first kappa shape index (κ1) is 26.9. The lowest BCUT2D eigenvalue weighted by Gasteiger charge is -2.36.